The summed E-state index contributed by atoms with van der Waals surface area (Å²) in [6.07, 6.45) is 3.79. The summed E-state index contributed by atoms with van der Waals surface area (Å²) < 4.78 is 0.871. The molecule has 21 heavy (non-hydrogen) atoms. The van der Waals surface area contributed by atoms with Crippen LogP contribution in [-0.2, 0) is 6.54 Å². The highest BCUT2D eigenvalue weighted by Gasteiger charge is 2.33. The summed E-state index contributed by atoms with van der Waals surface area (Å²) >= 11 is 3.33. The van der Waals surface area contributed by atoms with E-state index in [-0.39, 0.29) is 5.91 Å². The molecule has 108 valence electrons. The first-order chi connectivity index (χ1) is 10.1. The Labute approximate surface area is 132 Å². The molecule has 0 unspecified atom stereocenters. The van der Waals surface area contributed by atoms with Crippen LogP contribution in [0.5, 0.6) is 0 Å². The van der Waals surface area contributed by atoms with Gasteiger partial charge in [-0.3, -0.25) is 4.79 Å². The Morgan fingerprint density at radius 3 is 2.52 bits per heavy atom. The summed E-state index contributed by atoms with van der Waals surface area (Å²) in [7, 11) is 0. The molecule has 0 spiro atoms. The Morgan fingerprint density at radius 1 is 1.24 bits per heavy atom. The highest BCUT2D eigenvalue weighted by atomic mass is 79.9. The average molecular weight is 346 g/mol. The molecular formula is C16H16BrN3O. The third-order valence-corrected chi connectivity index (χ3v) is 4.00. The van der Waals surface area contributed by atoms with Crippen LogP contribution < -0.4 is 5.73 Å². The van der Waals surface area contributed by atoms with Gasteiger partial charge in [-0.1, -0.05) is 12.1 Å². The van der Waals surface area contributed by atoms with E-state index in [1.54, 1.807) is 12.3 Å². The molecule has 1 amide bonds. The van der Waals surface area contributed by atoms with Gasteiger partial charge in [0.05, 0.1) is 0 Å². The van der Waals surface area contributed by atoms with Gasteiger partial charge in [0, 0.05) is 28.9 Å². The van der Waals surface area contributed by atoms with Crippen molar-refractivity contribution in [1.82, 2.24) is 9.88 Å². The number of nitrogen functional groups attached to an aromatic ring is 1. The van der Waals surface area contributed by atoms with Gasteiger partial charge in [-0.05, 0) is 58.6 Å². The lowest BCUT2D eigenvalue weighted by Gasteiger charge is -2.22. The second-order valence-corrected chi connectivity index (χ2v) is 6.18. The second kappa shape index (κ2) is 5.85. The van der Waals surface area contributed by atoms with Crippen LogP contribution in [0.25, 0.3) is 0 Å². The van der Waals surface area contributed by atoms with Crippen molar-refractivity contribution < 1.29 is 4.79 Å². The predicted molar refractivity (Wildman–Crippen MR) is 85.7 cm³/mol. The van der Waals surface area contributed by atoms with Crippen molar-refractivity contribution in [2.24, 2.45) is 0 Å². The Bertz CT molecular complexity index is 636. The van der Waals surface area contributed by atoms with Crippen molar-refractivity contribution >= 4 is 27.5 Å². The van der Waals surface area contributed by atoms with Crippen LogP contribution in [0.15, 0.2) is 47.1 Å². The molecule has 1 aromatic carbocycles. The van der Waals surface area contributed by atoms with Gasteiger partial charge in [0.1, 0.15) is 5.69 Å². The van der Waals surface area contributed by atoms with Gasteiger partial charge >= 0.3 is 0 Å². The first kappa shape index (κ1) is 14.1. The molecule has 3 rings (SSSR count). The van der Waals surface area contributed by atoms with Crippen LogP contribution in [-0.4, -0.2) is 21.8 Å². The Kier molecular flexibility index (Phi) is 3.92. The lowest BCUT2D eigenvalue weighted by atomic mass is 10.2. The van der Waals surface area contributed by atoms with E-state index in [1.807, 2.05) is 35.2 Å². The van der Waals surface area contributed by atoms with Gasteiger partial charge in [0.2, 0.25) is 0 Å². The molecule has 0 saturated heterocycles. The van der Waals surface area contributed by atoms with Crippen molar-refractivity contribution in [3.63, 3.8) is 0 Å². The minimum absolute atomic E-state index is 0.0122. The molecule has 1 saturated carbocycles. The normalized spacial score (nSPS) is 14.0. The van der Waals surface area contributed by atoms with Crippen LogP contribution in [0.3, 0.4) is 0 Å². The number of carbonyl (C=O) groups is 1. The van der Waals surface area contributed by atoms with E-state index in [4.69, 9.17) is 5.73 Å². The number of hydrogen-bond acceptors (Lipinski definition) is 3. The summed E-state index contributed by atoms with van der Waals surface area (Å²) in [5.74, 6) is -0.0122. The van der Waals surface area contributed by atoms with Crippen molar-refractivity contribution in [3.05, 3.63) is 58.3 Å². The third kappa shape index (κ3) is 3.42. The number of nitrogens with two attached hydrogens (primary N) is 1. The molecule has 0 aliphatic heterocycles. The standard InChI is InChI=1S/C16H16BrN3O/c17-12-3-8-15(19-9-12)16(21)20(14-6-7-14)10-11-1-4-13(18)5-2-11/h1-5,8-9,14H,6-7,10,18H2. The number of hydrogen-bond donors (Lipinski definition) is 1. The van der Waals surface area contributed by atoms with E-state index in [2.05, 4.69) is 20.9 Å². The minimum Gasteiger partial charge on any atom is -0.399 e. The number of amides is 1. The first-order valence-electron chi connectivity index (χ1n) is 6.90. The quantitative estimate of drug-likeness (QED) is 0.865. The molecule has 1 heterocycles. The van der Waals surface area contributed by atoms with Crippen LogP contribution in [0.2, 0.25) is 0 Å². The number of nitrogens with zero attached hydrogens (tertiary/aromatic N) is 2. The molecule has 4 nitrogen and oxygen atoms in total. The topological polar surface area (TPSA) is 59.2 Å². The maximum Gasteiger partial charge on any atom is 0.272 e. The van der Waals surface area contributed by atoms with Crippen molar-refractivity contribution in [3.8, 4) is 0 Å². The molecule has 2 N–H and O–H groups in total. The molecule has 1 aliphatic carbocycles. The van der Waals surface area contributed by atoms with E-state index in [0.717, 1.165) is 28.6 Å². The zero-order valence-electron chi connectivity index (χ0n) is 11.5. The molecule has 1 aliphatic rings. The van der Waals surface area contributed by atoms with Crippen molar-refractivity contribution in [2.45, 2.75) is 25.4 Å². The molecule has 1 aromatic heterocycles. The van der Waals surface area contributed by atoms with Crippen molar-refractivity contribution in [2.75, 3.05) is 5.73 Å². The molecule has 0 radical (unpaired) electrons. The minimum atomic E-state index is -0.0122. The molecular weight excluding hydrogens is 330 g/mol. The fraction of sp³-hybridized carbons (Fsp3) is 0.250. The SMILES string of the molecule is Nc1ccc(CN(C(=O)c2ccc(Br)cn2)C2CC2)cc1. The number of benzene rings is 1. The monoisotopic (exact) mass is 345 g/mol. The van der Waals surface area contributed by atoms with Crippen LogP contribution in [0, 0.1) is 0 Å². The molecule has 1 fully saturated rings. The molecule has 2 aromatic rings. The molecule has 5 heteroatoms. The third-order valence-electron chi connectivity index (χ3n) is 3.53. The maximum absolute atomic E-state index is 12.6. The zero-order chi connectivity index (χ0) is 14.8. The van der Waals surface area contributed by atoms with Gasteiger partial charge in [0.15, 0.2) is 0 Å². The van der Waals surface area contributed by atoms with E-state index in [1.165, 1.54) is 0 Å². The lowest BCUT2D eigenvalue weighted by molar-refractivity contribution is 0.0724. The van der Waals surface area contributed by atoms with Gasteiger partial charge in [-0.2, -0.15) is 0 Å². The summed E-state index contributed by atoms with van der Waals surface area (Å²) in [6.45, 7) is 0.599. The number of pyridine rings is 1. The summed E-state index contributed by atoms with van der Waals surface area (Å²) in [5, 5.41) is 0. The first-order valence-corrected chi connectivity index (χ1v) is 7.70. The average Bonchev–Trinajstić information content (AvgIpc) is 3.31. The number of aromatic nitrogens is 1. The Morgan fingerprint density at radius 2 is 1.95 bits per heavy atom. The summed E-state index contributed by atoms with van der Waals surface area (Å²) in [5.41, 5.74) is 8.00. The number of halogens is 1. The fourth-order valence-corrected chi connectivity index (χ4v) is 2.46. The zero-order valence-corrected chi connectivity index (χ0v) is 13.1. The highest BCUT2D eigenvalue weighted by Crippen LogP contribution is 2.29. The van der Waals surface area contributed by atoms with E-state index in [9.17, 15) is 4.79 Å². The number of carbonyl (C=O) groups excluding carboxylic acids is 1. The second-order valence-electron chi connectivity index (χ2n) is 5.27. The Balaban J connectivity index is 1.79. The van der Waals surface area contributed by atoms with E-state index >= 15 is 0 Å². The van der Waals surface area contributed by atoms with Gasteiger partial charge in [-0.25, -0.2) is 4.98 Å². The predicted octanol–water partition coefficient (Wildman–Crippen LogP) is 3.23. The molecule has 0 atom stereocenters. The fourth-order valence-electron chi connectivity index (χ4n) is 2.22. The van der Waals surface area contributed by atoms with Crippen LogP contribution in [0.1, 0.15) is 28.9 Å². The van der Waals surface area contributed by atoms with Crippen LogP contribution >= 0.6 is 15.9 Å². The summed E-state index contributed by atoms with van der Waals surface area (Å²) in [6, 6.07) is 11.6. The maximum atomic E-state index is 12.6. The van der Waals surface area contributed by atoms with Crippen molar-refractivity contribution in [1.29, 1.82) is 0 Å². The van der Waals surface area contributed by atoms with E-state index < -0.39 is 0 Å². The number of anilines is 1. The molecule has 0 bridgehead atoms. The van der Waals surface area contributed by atoms with E-state index in [0.29, 0.717) is 18.3 Å². The van der Waals surface area contributed by atoms with Gasteiger partial charge in [0.25, 0.3) is 5.91 Å². The number of rotatable bonds is 4. The Hall–Kier alpha value is -1.88. The highest BCUT2D eigenvalue weighted by molar-refractivity contribution is 9.10. The largest absolute Gasteiger partial charge is 0.399 e. The van der Waals surface area contributed by atoms with Gasteiger partial charge < -0.3 is 10.6 Å². The smallest absolute Gasteiger partial charge is 0.272 e. The summed E-state index contributed by atoms with van der Waals surface area (Å²) in [4.78, 5) is 18.7. The van der Waals surface area contributed by atoms with Gasteiger partial charge in [-0.15, -0.1) is 0 Å². The lowest BCUT2D eigenvalue weighted by Crippen LogP contribution is -2.33. The van der Waals surface area contributed by atoms with Crippen LogP contribution in [0.4, 0.5) is 5.69 Å².